The van der Waals surface area contributed by atoms with Crippen molar-refractivity contribution in [2.24, 2.45) is 5.92 Å². The molecule has 1 N–H and O–H groups in total. The molecule has 0 fully saturated rings. The van der Waals surface area contributed by atoms with Gasteiger partial charge in [-0.25, -0.2) is 14.4 Å². The number of hydrogen-bond acceptors (Lipinski definition) is 5. The van der Waals surface area contributed by atoms with Crippen molar-refractivity contribution in [3.05, 3.63) is 37.5 Å². The number of rotatable bonds is 10. The van der Waals surface area contributed by atoms with Crippen LogP contribution in [0.1, 0.15) is 53.4 Å². The highest BCUT2D eigenvalue weighted by Gasteiger charge is 2.07. The Morgan fingerprint density at radius 3 is 1.77 bits per heavy atom. The first-order chi connectivity index (χ1) is 12.2. The predicted molar refractivity (Wildman–Crippen MR) is 104 cm³/mol. The largest absolute Gasteiger partial charge is 0.478 e. The number of ether oxygens (including phenoxy) is 2. The van der Waals surface area contributed by atoms with E-state index in [1.165, 1.54) is 25.8 Å². The molecule has 26 heavy (non-hydrogen) atoms. The van der Waals surface area contributed by atoms with Gasteiger partial charge >= 0.3 is 17.9 Å². The quantitative estimate of drug-likeness (QED) is 0.455. The van der Waals surface area contributed by atoms with Crippen LogP contribution in [0.4, 0.5) is 0 Å². The number of carbonyl (C=O) groups excluding carboxylic acids is 2. The summed E-state index contributed by atoms with van der Waals surface area (Å²) in [6.07, 6.45) is 6.99. The van der Waals surface area contributed by atoms with E-state index in [1.807, 2.05) is 0 Å². The third-order valence-corrected chi connectivity index (χ3v) is 2.99. The van der Waals surface area contributed by atoms with Crippen molar-refractivity contribution in [1.29, 1.82) is 0 Å². The van der Waals surface area contributed by atoms with Crippen LogP contribution in [0.25, 0.3) is 0 Å². The lowest BCUT2D eigenvalue weighted by Gasteiger charge is -2.13. The average molecular weight is 370 g/mol. The number of carboxylic acids is 1. The van der Waals surface area contributed by atoms with Crippen LogP contribution >= 0.6 is 0 Å². The fourth-order valence-corrected chi connectivity index (χ4v) is 1.36. The van der Waals surface area contributed by atoms with Crippen molar-refractivity contribution in [1.82, 2.24) is 0 Å². The maximum absolute atomic E-state index is 10.8. The maximum atomic E-state index is 10.8. The zero-order valence-corrected chi connectivity index (χ0v) is 16.6. The molecular formula is C20H34O6. The van der Waals surface area contributed by atoms with Crippen molar-refractivity contribution in [3.63, 3.8) is 0 Å². The zero-order chi connectivity index (χ0) is 21.0. The summed E-state index contributed by atoms with van der Waals surface area (Å²) >= 11 is 0. The van der Waals surface area contributed by atoms with E-state index < -0.39 is 5.97 Å². The second-order valence-electron chi connectivity index (χ2n) is 5.29. The van der Waals surface area contributed by atoms with E-state index in [0.29, 0.717) is 19.1 Å². The van der Waals surface area contributed by atoms with Crippen LogP contribution in [-0.4, -0.2) is 36.2 Å². The minimum Gasteiger partial charge on any atom is -0.478 e. The minimum absolute atomic E-state index is 0.176. The number of carboxylic acid groups (broad SMARTS) is 1. The number of aliphatic carboxylic acids is 1. The van der Waals surface area contributed by atoms with Crippen molar-refractivity contribution in [2.45, 2.75) is 53.4 Å². The summed E-state index contributed by atoms with van der Waals surface area (Å²) in [5, 5.41) is 7.89. The monoisotopic (exact) mass is 370 g/mol. The molecule has 1 unspecified atom stereocenters. The van der Waals surface area contributed by atoms with Gasteiger partial charge in [-0.2, -0.15) is 0 Å². The molecule has 150 valence electrons. The van der Waals surface area contributed by atoms with Crippen LogP contribution in [0.2, 0.25) is 0 Å². The summed E-state index contributed by atoms with van der Waals surface area (Å²) in [7, 11) is 0. The van der Waals surface area contributed by atoms with E-state index in [0.717, 1.165) is 18.9 Å². The van der Waals surface area contributed by atoms with E-state index >= 15 is 0 Å². The highest BCUT2D eigenvalue weighted by atomic mass is 16.5. The topological polar surface area (TPSA) is 89.9 Å². The third-order valence-electron chi connectivity index (χ3n) is 2.99. The molecule has 0 saturated heterocycles. The van der Waals surface area contributed by atoms with Crippen LogP contribution in [0.3, 0.4) is 0 Å². The smallest absolute Gasteiger partial charge is 0.330 e. The van der Waals surface area contributed by atoms with E-state index in [9.17, 15) is 14.4 Å². The van der Waals surface area contributed by atoms with Gasteiger partial charge in [-0.3, -0.25) is 0 Å². The predicted octanol–water partition coefficient (Wildman–Crippen LogP) is 4.31. The molecular weight excluding hydrogens is 336 g/mol. The molecule has 0 aromatic carbocycles. The molecule has 6 heteroatoms. The van der Waals surface area contributed by atoms with Gasteiger partial charge in [0.1, 0.15) is 0 Å². The highest BCUT2D eigenvalue weighted by molar-refractivity contribution is 5.84. The first-order valence-corrected chi connectivity index (χ1v) is 8.67. The van der Waals surface area contributed by atoms with E-state index in [1.54, 1.807) is 6.92 Å². The van der Waals surface area contributed by atoms with Gasteiger partial charge in [-0.05, 0) is 26.2 Å². The Bertz CT molecular complexity index is 428. The molecule has 0 rings (SSSR count). The summed E-state index contributed by atoms with van der Waals surface area (Å²) < 4.78 is 9.42. The lowest BCUT2D eigenvalue weighted by molar-refractivity contribution is -0.139. The molecule has 0 aromatic rings. The van der Waals surface area contributed by atoms with Crippen LogP contribution in [0, 0.1) is 5.92 Å². The number of hydrogen-bond donors (Lipinski definition) is 1. The summed E-state index contributed by atoms with van der Waals surface area (Å²) in [5.74, 6) is -1.09. The van der Waals surface area contributed by atoms with Crippen LogP contribution in [0.15, 0.2) is 37.5 Å². The summed E-state index contributed by atoms with van der Waals surface area (Å²) in [4.78, 5) is 30.4. The lowest BCUT2D eigenvalue weighted by Crippen LogP contribution is -2.12. The Morgan fingerprint density at radius 2 is 1.50 bits per heavy atom. The fraction of sp³-hybridized carbons (Fsp3) is 0.550. The molecule has 0 aromatic heterocycles. The van der Waals surface area contributed by atoms with Gasteiger partial charge in [0.05, 0.1) is 13.2 Å². The maximum Gasteiger partial charge on any atom is 0.330 e. The summed E-state index contributed by atoms with van der Waals surface area (Å²) in [5.41, 5.74) is 0.176. The zero-order valence-electron chi connectivity index (χ0n) is 16.6. The van der Waals surface area contributed by atoms with Gasteiger partial charge in [0, 0.05) is 17.7 Å². The molecule has 1 atom stereocenters. The standard InChI is InChI=1S/C11H20O2.C5H8O2.C4H6O2/c1-4-7-8-10(5-2)9-13-11(12)6-3;1-3-5(6)7-4-2;1-3(2)4(5)6/h6,10H,3-5,7-9H2,1-2H3;3H,1,4H2,2H3;1H2,2H3,(H,5,6). The van der Waals surface area contributed by atoms with Crippen LogP contribution in [-0.2, 0) is 23.9 Å². The summed E-state index contributed by atoms with van der Waals surface area (Å²) in [6, 6.07) is 0. The number of esters is 2. The molecule has 0 bridgehead atoms. The van der Waals surface area contributed by atoms with Crippen molar-refractivity contribution >= 4 is 17.9 Å². The Hall–Kier alpha value is -2.37. The highest BCUT2D eigenvalue weighted by Crippen LogP contribution is 2.12. The molecule has 0 saturated carbocycles. The van der Waals surface area contributed by atoms with Gasteiger partial charge in [0.15, 0.2) is 0 Å². The molecule has 0 aliphatic carbocycles. The lowest BCUT2D eigenvalue weighted by atomic mass is 10.0. The molecule has 6 nitrogen and oxygen atoms in total. The first kappa shape index (κ1) is 28.4. The van der Waals surface area contributed by atoms with E-state index in [-0.39, 0.29) is 17.5 Å². The molecule has 0 aliphatic rings. The molecule has 0 spiro atoms. The Morgan fingerprint density at radius 1 is 1.04 bits per heavy atom. The van der Waals surface area contributed by atoms with Gasteiger partial charge in [-0.15, -0.1) is 0 Å². The molecule has 0 aliphatic heterocycles. The van der Waals surface area contributed by atoms with Gasteiger partial charge in [0.25, 0.3) is 0 Å². The number of carbonyl (C=O) groups is 3. The Balaban J connectivity index is -0.000000342. The first-order valence-electron chi connectivity index (χ1n) is 8.67. The van der Waals surface area contributed by atoms with Gasteiger partial charge < -0.3 is 14.6 Å². The average Bonchev–Trinajstić information content (AvgIpc) is 2.62. The summed E-state index contributed by atoms with van der Waals surface area (Å²) in [6.45, 7) is 18.2. The third kappa shape index (κ3) is 23.9. The van der Waals surface area contributed by atoms with Gasteiger partial charge in [0.2, 0.25) is 0 Å². The van der Waals surface area contributed by atoms with Crippen LogP contribution < -0.4 is 0 Å². The number of unbranched alkanes of at least 4 members (excludes halogenated alkanes) is 1. The van der Waals surface area contributed by atoms with Crippen molar-refractivity contribution in [2.75, 3.05) is 13.2 Å². The Kier molecular flexibility index (Phi) is 22.6. The molecule has 0 heterocycles. The second-order valence-corrected chi connectivity index (χ2v) is 5.29. The van der Waals surface area contributed by atoms with Crippen molar-refractivity contribution < 1.29 is 29.0 Å². The minimum atomic E-state index is -0.935. The fourth-order valence-electron chi connectivity index (χ4n) is 1.36. The molecule has 0 radical (unpaired) electrons. The normalized spacial score (nSPS) is 9.85. The SMILES string of the molecule is C=C(C)C(=O)O.C=CC(=O)OCC.C=CC(=O)OCC(CC)CCCC. The Labute approximate surface area is 157 Å². The van der Waals surface area contributed by atoms with E-state index in [4.69, 9.17) is 9.84 Å². The van der Waals surface area contributed by atoms with Crippen molar-refractivity contribution in [3.8, 4) is 0 Å². The van der Waals surface area contributed by atoms with Gasteiger partial charge in [-0.1, -0.05) is 52.8 Å². The second kappa shape index (κ2) is 20.7. The molecule has 0 amide bonds. The van der Waals surface area contributed by atoms with E-state index in [2.05, 4.69) is 38.3 Å². The van der Waals surface area contributed by atoms with Crippen LogP contribution in [0.5, 0.6) is 0 Å².